The largest absolute Gasteiger partial charge is 0.376 e. The molecular formula is C24H32N4O3. The van der Waals surface area contributed by atoms with E-state index in [1.165, 1.54) is 0 Å². The zero-order valence-electron chi connectivity index (χ0n) is 18.6. The maximum atomic E-state index is 12.3. The summed E-state index contributed by atoms with van der Waals surface area (Å²) in [4.78, 5) is 36.9. The Kier molecular flexibility index (Phi) is 9.06. The molecule has 7 nitrogen and oxygen atoms in total. The van der Waals surface area contributed by atoms with E-state index in [0.717, 1.165) is 12.8 Å². The van der Waals surface area contributed by atoms with Gasteiger partial charge in [0.15, 0.2) is 0 Å². The van der Waals surface area contributed by atoms with Crippen LogP contribution in [-0.2, 0) is 4.79 Å². The Balaban J connectivity index is 1.92. The highest BCUT2D eigenvalue weighted by Crippen LogP contribution is 2.13. The molecule has 166 valence electrons. The second-order valence-corrected chi connectivity index (χ2v) is 7.63. The van der Waals surface area contributed by atoms with E-state index in [4.69, 9.17) is 0 Å². The van der Waals surface area contributed by atoms with E-state index in [9.17, 15) is 14.4 Å². The van der Waals surface area contributed by atoms with Gasteiger partial charge in [0.1, 0.15) is 0 Å². The minimum atomic E-state index is -0.256. The average molecular weight is 425 g/mol. The number of rotatable bonds is 10. The van der Waals surface area contributed by atoms with Gasteiger partial charge in [-0.3, -0.25) is 14.4 Å². The summed E-state index contributed by atoms with van der Waals surface area (Å²) in [5, 5.41) is 11.6. The van der Waals surface area contributed by atoms with Crippen LogP contribution in [0.3, 0.4) is 0 Å². The van der Waals surface area contributed by atoms with E-state index in [-0.39, 0.29) is 36.3 Å². The van der Waals surface area contributed by atoms with Crippen LogP contribution in [0.2, 0.25) is 0 Å². The number of nitrogens with one attached hydrogen (secondary N) is 4. The third-order valence-corrected chi connectivity index (χ3v) is 4.97. The summed E-state index contributed by atoms with van der Waals surface area (Å²) in [6, 6.07) is 14.0. The lowest BCUT2D eigenvalue weighted by Crippen LogP contribution is -2.32. The molecule has 0 saturated carbocycles. The normalized spacial score (nSPS) is 12.4. The average Bonchev–Trinajstić information content (AvgIpc) is 2.77. The minimum absolute atomic E-state index is 0.0275. The van der Waals surface area contributed by atoms with Crippen LogP contribution in [0.15, 0.2) is 48.5 Å². The van der Waals surface area contributed by atoms with Crippen molar-refractivity contribution >= 4 is 29.1 Å². The van der Waals surface area contributed by atoms with E-state index in [1.807, 2.05) is 27.7 Å². The fraction of sp³-hybridized carbons (Fsp3) is 0.375. The van der Waals surface area contributed by atoms with Gasteiger partial charge in [-0.1, -0.05) is 26.0 Å². The fourth-order valence-electron chi connectivity index (χ4n) is 2.71. The lowest BCUT2D eigenvalue weighted by molar-refractivity contribution is -0.114. The molecule has 0 aliphatic rings. The Labute approximate surface area is 184 Å². The van der Waals surface area contributed by atoms with Crippen molar-refractivity contribution in [2.24, 2.45) is 0 Å². The molecule has 0 radical (unpaired) electrons. The zero-order chi connectivity index (χ0) is 22.8. The molecule has 2 rings (SSSR count). The molecule has 0 bridgehead atoms. The molecule has 0 spiro atoms. The van der Waals surface area contributed by atoms with Gasteiger partial charge in [-0.2, -0.15) is 0 Å². The number of anilines is 2. The van der Waals surface area contributed by atoms with Crippen molar-refractivity contribution in [3.63, 3.8) is 0 Å². The highest BCUT2D eigenvalue weighted by Gasteiger charge is 2.11. The van der Waals surface area contributed by atoms with Crippen LogP contribution in [0, 0.1) is 0 Å². The van der Waals surface area contributed by atoms with Gasteiger partial charge in [0.05, 0.1) is 6.54 Å². The van der Waals surface area contributed by atoms with Crippen LogP contribution in [0.4, 0.5) is 11.4 Å². The van der Waals surface area contributed by atoms with Crippen LogP contribution in [0.1, 0.15) is 61.3 Å². The van der Waals surface area contributed by atoms with Crippen molar-refractivity contribution in [2.75, 3.05) is 17.2 Å². The Morgan fingerprint density at radius 1 is 0.774 bits per heavy atom. The van der Waals surface area contributed by atoms with Crippen molar-refractivity contribution in [1.82, 2.24) is 10.6 Å². The number of carbonyl (C=O) groups excluding carboxylic acids is 3. The molecular weight excluding hydrogens is 392 g/mol. The number of carbonyl (C=O) groups is 3. The van der Waals surface area contributed by atoms with Crippen molar-refractivity contribution in [3.8, 4) is 0 Å². The van der Waals surface area contributed by atoms with Gasteiger partial charge in [-0.15, -0.1) is 0 Å². The first-order valence-electron chi connectivity index (χ1n) is 10.7. The smallest absolute Gasteiger partial charge is 0.251 e. The van der Waals surface area contributed by atoms with Crippen LogP contribution in [-0.4, -0.2) is 36.3 Å². The van der Waals surface area contributed by atoms with E-state index in [0.29, 0.717) is 22.5 Å². The molecule has 2 atom stereocenters. The SMILES string of the molecule is CCC(C)NC(=O)c1cccc(NCC(=O)Nc2cccc(C(=O)NC(C)CC)c2)c1. The first-order chi connectivity index (χ1) is 14.8. The minimum Gasteiger partial charge on any atom is -0.376 e. The number of amides is 3. The Hall–Kier alpha value is -3.35. The standard InChI is InChI=1S/C24H32N4O3/c1-5-16(3)26-23(30)18-9-7-11-20(13-18)25-15-22(29)28-21-12-8-10-19(14-21)24(31)27-17(4)6-2/h7-14,16-17,25H,5-6,15H2,1-4H3,(H,26,30)(H,27,31)(H,28,29). The summed E-state index contributed by atoms with van der Waals surface area (Å²) in [5.74, 6) is -0.570. The van der Waals surface area contributed by atoms with Crippen molar-refractivity contribution in [1.29, 1.82) is 0 Å². The summed E-state index contributed by atoms with van der Waals surface area (Å²) < 4.78 is 0. The van der Waals surface area contributed by atoms with E-state index in [2.05, 4.69) is 21.3 Å². The fourth-order valence-corrected chi connectivity index (χ4v) is 2.71. The van der Waals surface area contributed by atoms with Gasteiger partial charge in [0.25, 0.3) is 11.8 Å². The third kappa shape index (κ3) is 7.77. The molecule has 2 unspecified atom stereocenters. The number of hydrogen-bond acceptors (Lipinski definition) is 4. The molecule has 3 amide bonds. The summed E-state index contributed by atoms with van der Waals surface area (Å²) in [6.07, 6.45) is 1.69. The highest BCUT2D eigenvalue weighted by atomic mass is 16.2. The molecule has 0 aliphatic carbocycles. The number of benzene rings is 2. The van der Waals surface area contributed by atoms with Gasteiger partial charge in [0, 0.05) is 34.6 Å². The molecule has 2 aromatic carbocycles. The van der Waals surface area contributed by atoms with Crippen LogP contribution in [0.5, 0.6) is 0 Å². The topological polar surface area (TPSA) is 99.3 Å². The van der Waals surface area contributed by atoms with Crippen molar-refractivity contribution in [3.05, 3.63) is 59.7 Å². The van der Waals surface area contributed by atoms with Gasteiger partial charge >= 0.3 is 0 Å². The molecule has 0 aliphatic heterocycles. The third-order valence-electron chi connectivity index (χ3n) is 4.97. The summed E-state index contributed by atoms with van der Waals surface area (Å²) in [7, 11) is 0. The molecule has 0 heterocycles. The van der Waals surface area contributed by atoms with Crippen molar-refractivity contribution < 1.29 is 14.4 Å². The second kappa shape index (κ2) is 11.7. The summed E-state index contributed by atoms with van der Waals surface area (Å²) >= 11 is 0. The Morgan fingerprint density at radius 2 is 1.26 bits per heavy atom. The summed E-state index contributed by atoms with van der Waals surface area (Å²) in [5.41, 5.74) is 2.25. The zero-order valence-corrected chi connectivity index (χ0v) is 18.6. The molecule has 0 saturated heterocycles. The first kappa shape index (κ1) is 23.9. The van der Waals surface area contributed by atoms with Crippen LogP contribution < -0.4 is 21.3 Å². The lowest BCUT2D eigenvalue weighted by Gasteiger charge is -2.13. The van der Waals surface area contributed by atoms with Gasteiger partial charge < -0.3 is 21.3 Å². The monoisotopic (exact) mass is 424 g/mol. The Morgan fingerprint density at radius 3 is 1.77 bits per heavy atom. The Bertz CT molecular complexity index is 913. The van der Waals surface area contributed by atoms with Crippen LogP contribution >= 0.6 is 0 Å². The van der Waals surface area contributed by atoms with Gasteiger partial charge in [-0.25, -0.2) is 0 Å². The van der Waals surface area contributed by atoms with E-state index in [1.54, 1.807) is 48.5 Å². The van der Waals surface area contributed by atoms with Gasteiger partial charge in [-0.05, 0) is 63.1 Å². The van der Waals surface area contributed by atoms with Gasteiger partial charge in [0.2, 0.25) is 5.91 Å². The summed E-state index contributed by atoms with van der Waals surface area (Å²) in [6.45, 7) is 7.93. The predicted octanol–water partition coefficient (Wildman–Crippen LogP) is 3.79. The maximum absolute atomic E-state index is 12.3. The van der Waals surface area contributed by atoms with Crippen LogP contribution in [0.25, 0.3) is 0 Å². The van der Waals surface area contributed by atoms with Crippen molar-refractivity contribution in [2.45, 2.75) is 52.6 Å². The highest BCUT2D eigenvalue weighted by molar-refractivity contribution is 5.98. The molecule has 4 N–H and O–H groups in total. The van der Waals surface area contributed by atoms with E-state index >= 15 is 0 Å². The predicted molar refractivity (Wildman–Crippen MR) is 124 cm³/mol. The first-order valence-corrected chi connectivity index (χ1v) is 10.7. The van der Waals surface area contributed by atoms with E-state index < -0.39 is 0 Å². The quantitative estimate of drug-likeness (QED) is 0.466. The molecule has 2 aromatic rings. The molecule has 0 aromatic heterocycles. The second-order valence-electron chi connectivity index (χ2n) is 7.63. The molecule has 31 heavy (non-hydrogen) atoms. The molecule has 7 heteroatoms. The molecule has 0 fully saturated rings. The number of hydrogen-bond donors (Lipinski definition) is 4. The lowest BCUT2D eigenvalue weighted by atomic mass is 10.1. The maximum Gasteiger partial charge on any atom is 0.251 e.